The number of aromatic nitrogens is 3. The van der Waals surface area contributed by atoms with Crippen molar-refractivity contribution in [2.75, 3.05) is 16.8 Å². The Morgan fingerprint density at radius 2 is 1.91 bits per heavy atom. The fourth-order valence-corrected chi connectivity index (χ4v) is 3.08. The monoisotopic (exact) mass is 311 g/mol. The largest absolute Gasteiger partial charge is 0.366 e. The molecule has 1 aromatic heterocycles. The van der Waals surface area contributed by atoms with Crippen LogP contribution in [0.3, 0.4) is 0 Å². The van der Waals surface area contributed by atoms with Crippen molar-refractivity contribution in [3.05, 3.63) is 42.1 Å². The van der Waals surface area contributed by atoms with Gasteiger partial charge in [0.05, 0.1) is 6.20 Å². The number of hydrogen-bond donors (Lipinski definition) is 1. The van der Waals surface area contributed by atoms with Gasteiger partial charge in [0.1, 0.15) is 0 Å². The molecule has 1 aromatic carbocycles. The van der Waals surface area contributed by atoms with Gasteiger partial charge in [0, 0.05) is 19.1 Å². The van der Waals surface area contributed by atoms with Gasteiger partial charge < -0.3 is 10.2 Å². The topological polar surface area (TPSA) is 53.9 Å². The first-order valence-corrected chi connectivity index (χ1v) is 8.60. The lowest BCUT2D eigenvalue weighted by Crippen LogP contribution is -2.26. The number of nitrogens with one attached hydrogen (secondary N) is 1. The number of anilines is 2. The first-order valence-electron chi connectivity index (χ1n) is 8.60. The molecular weight excluding hydrogens is 286 g/mol. The number of nitrogens with zero attached hydrogens (tertiary/aromatic N) is 4. The van der Waals surface area contributed by atoms with Gasteiger partial charge >= 0.3 is 0 Å². The average Bonchev–Trinajstić information content (AvgIpc) is 2.62. The summed E-state index contributed by atoms with van der Waals surface area (Å²) in [5.74, 6) is 1.53. The highest BCUT2D eigenvalue weighted by atomic mass is 15.3. The molecule has 0 amide bonds. The van der Waals surface area contributed by atoms with Crippen LogP contribution in [-0.2, 0) is 6.54 Å². The maximum Gasteiger partial charge on any atom is 0.247 e. The molecule has 23 heavy (non-hydrogen) atoms. The summed E-state index contributed by atoms with van der Waals surface area (Å²) in [6, 6.07) is 10.9. The van der Waals surface area contributed by atoms with E-state index in [2.05, 4.69) is 56.6 Å². The van der Waals surface area contributed by atoms with Gasteiger partial charge in [0.15, 0.2) is 5.82 Å². The maximum atomic E-state index is 4.68. The Morgan fingerprint density at radius 1 is 1.13 bits per heavy atom. The van der Waals surface area contributed by atoms with Crippen molar-refractivity contribution in [1.29, 1.82) is 0 Å². The molecule has 3 rings (SSSR count). The molecule has 1 aliphatic rings. The minimum absolute atomic E-state index is 0.525. The van der Waals surface area contributed by atoms with E-state index in [4.69, 9.17) is 0 Å². The van der Waals surface area contributed by atoms with Crippen LogP contribution in [0.1, 0.15) is 44.6 Å². The fraction of sp³-hybridized carbons (Fsp3) is 0.500. The van der Waals surface area contributed by atoms with Crippen molar-refractivity contribution < 1.29 is 0 Å². The predicted molar refractivity (Wildman–Crippen MR) is 93.5 cm³/mol. The average molecular weight is 311 g/mol. The van der Waals surface area contributed by atoms with Crippen molar-refractivity contribution in [1.82, 2.24) is 15.2 Å². The van der Waals surface area contributed by atoms with Crippen LogP contribution in [0.2, 0.25) is 0 Å². The lowest BCUT2D eigenvalue weighted by atomic mass is 9.96. The van der Waals surface area contributed by atoms with Crippen LogP contribution in [0.5, 0.6) is 0 Å². The lowest BCUT2D eigenvalue weighted by molar-refractivity contribution is 0.461. The highest BCUT2D eigenvalue weighted by molar-refractivity contribution is 5.40. The molecule has 5 heteroatoms. The summed E-state index contributed by atoms with van der Waals surface area (Å²) in [6.45, 7) is 3.77. The van der Waals surface area contributed by atoms with Crippen molar-refractivity contribution in [3.8, 4) is 0 Å². The zero-order valence-electron chi connectivity index (χ0n) is 13.8. The molecule has 1 saturated carbocycles. The Labute approximate surface area is 138 Å². The summed E-state index contributed by atoms with van der Waals surface area (Å²) in [6.07, 6.45) is 8.14. The molecule has 1 fully saturated rings. The van der Waals surface area contributed by atoms with E-state index in [1.54, 1.807) is 6.20 Å². The Morgan fingerprint density at radius 3 is 2.65 bits per heavy atom. The van der Waals surface area contributed by atoms with Crippen LogP contribution in [0, 0.1) is 0 Å². The summed E-state index contributed by atoms with van der Waals surface area (Å²) in [5.41, 5.74) is 1.25. The molecular formula is C18H25N5. The summed E-state index contributed by atoms with van der Waals surface area (Å²) in [7, 11) is 0. The Balaban J connectivity index is 1.69. The van der Waals surface area contributed by atoms with Gasteiger partial charge in [0.25, 0.3) is 0 Å². The van der Waals surface area contributed by atoms with E-state index in [1.807, 2.05) is 6.07 Å². The molecule has 0 bridgehead atoms. The highest BCUT2D eigenvalue weighted by Crippen LogP contribution is 2.21. The first-order chi connectivity index (χ1) is 11.3. The van der Waals surface area contributed by atoms with Crippen molar-refractivity contribution >= 4 is 11.8 Å². The second-order valence-electron chi connectivity index (χ2n) is 6.12. The van der Waals surface area contributed by atoms with Gasteiger partial charge in [-0.05, 0) is 25.3 Å². The second kappa shape index (κ2) is 7.90. The van der Waals surface area contributed by atoms with Crippen LogP contribution >= 0.6 is 0 Å². The third kappa shape index (κ3) is 4.41. The van der Waals surface area contributed by atoms with E-state index >= 15 is 0 Å². The lowest BCUT2D eigenvalue weighted by Gasteiger charge is -2.24. The SMILES string of the molecule is CCN(Cc1ccccc1)c1nncc(NC2CCCCC2)n1. The van der Waals surface area contributed by atoms with Crippen molar-refractivity contribution in [2.24, 2.45) is 0 Å². The Hall–Kier alpha value is -2.17. The molecule has 2 aromatic rings. The molecule has 0 saturated heterocycles. The van der Waals surface area contributed by atoms with Crippen LogP contribution in [-0.4, -0.2) is 27.8 Å². The van der Waals surface area contributed by atoms with E-state index in [9.17, 15) is 0 Å². The van der Waals surface area contributed by atoms with Gasteiger partial charge in [-0.25, -0.2) is 0 Å². The molecule has 1 heterocycles. The highest BCUT2D eigenvalue weighted by Gasteiger charge is 2.15. The fourth-order valence-electron chi connectivity index (χ4n) is 3.08. The van der Waals surface area contributed by atoms with Crippen molar-refractivity contribution in [3.63, 3.8) is 0 Å². The zero-order chi connectivity index (χ0) is 15.9. The molecule has 0 aliphatic heterocycles. The molecule has 0 spiro atoms. The van der Waals surface area contributed by atoms with Gasteiger partial charge in [-0.3, -0.25) is 0 Å². The molecule has 122 valence electrons. The van der Waals surface area contributed by atoms with E-state index in [-0.39, 0.29) is 0 Å². The zero-order valence-corrected chi connectivity index (χ0v) is 13.8. The third-order valence-electron chi connectivity index (χ3n) is 4.39. The van der Waals surface area contributed by atoms with Crippen LogP contribution in [0.25, 0.3) is 0 Å². The molecule has 5 nitrogen and oxygen atoms in total. The summed E-state index contributed by atoms with van der Waals surface area (Å²) in [4.78, 5) is 6.82. The summed E-state index contributed by atoms with van der Waals surface area (Å²) in [5, 5.41) is 11.9. The molecule has 0 radical (unpaired) electrons. The molecule has 1 N–H and O–H groups in total. The minimum Gasteiger partial charge on any atom is -0.366 e. The van der Waals surface area contributed by atoms with Gasteiger partial charge in [0.2, 0.25) is 5.95 Å². The minimum atomic E-state index is 0.525. The Kier molecular flexibility index (Phi) is 5.40. The number of rotatable bonds is 6. The third-order valence-corrected chi connectivity index (χ3v) is 4.39. The summed E-state index contributed by atoms with van der Waals surface area (Å²) < 4.78 is 0. The molecule has 1 aliphatic carbocycles. The van der Waals surface area contributed by atoms with E-state index in [0.717, 1.165) is 18.9 Å². The van der Waals surface area contributed by atoms with Gasteiger partial charge in [-0.1, -0.05) is 49.6 Å². The number of hydrogen-bond acceptors (Lipinski definition) is 5. The maximum absolute atomic E-state index is 4.68. The van der Waals surface area contributed by atoms with Crippen LogP contribution < -0.4 is 10.2 Å². The number of benzene rings is 1. The van der Waals surface area contributed by atoms with Crippen LogP contribution in [0.4, 0.5) is 11.8 Å². The summed E-state index contributed by atoms with van der Waals surface area (Å²) >= 11 is 0. The van der Waals surface area contributed by atoms with Crippen LogP contribution in [0.15, 0.2) is 36.5 Å². The van der Waals surface area contributed by atoms with Gasteiger partial charge in [-0.2, -0.15) is 10.1 Å². The first kappa shape index (κ1) is 15.7. The normalized spacial score (nSPS) is 15.3. The molecule has 0 atom stereocenters. The predicted octanol–water partition coefficient (Wildman–Crippen LogP) is 3.64. The second-order valence-corrected chi connectivity index (χ2v) is 6.12. The van der Waals surface area contributed by atoms with E-state index in [0.29, 0.717) is 12.0 Å². The van der Waals surface area contributed by atoms with E-state index < -0.39 is 0 Å². The van der Waals surface area contributed by atoms with Crippen molar-refractivity contribution in [2.45, 2.75) is 51.6 Å². The molecule has 0 unspecified atom stereocenters. The van der Waals surface area contributed by atoms with Gasteiger partial charge in [-0.15, -0.1) is 5.10 Å². The Bertz CT molecular complexity index is 595. The quantitative estimate of drug-likeness (QED) is 0.882. The van der Waals surface area contributed by atoms with E-state index in [1.165, 1.54) is 37.7 Å². The standard InChI is InChI=1S/C18H25N5/c1-2-23(14-15-9-5-3-6-10-15)18-21-17(13-19-22-18)20-16-11-7-4-8-12-16/h3,5-6,9-10,13,16H,2,4,7-8,11-12,14H2,1H3,(H,20,21,22). The smallest absolute Gasteiger partial charge is 0.247 e.